The molecule has 1 saturated carbocycles. The van der Waals surface area contributed by atoms with E-state index in [4.69, 9.17) is 5.73 Å². The van der Waals surface area contributed by atoms with Gasteiger partial charge in [-0.3, -0.25) is 9.88 Å². The van der Waals surface area contributed by atoms with E-state index in [-0.39, 0.29) is 0 Å². The summed E-state index contributed by atoms with van der Waals surface area (Å²) in [5, 5.41) is 0. The third-order valence-corrected chi connectivity index (χ3v) is 3.64. The molecule has 16 heavy (non-hydrogen) atoms. The number of aromatic nitrogens is 1. The molecule has 3 atom stereocenters. The molecule has 0 aromatic carbocycles. The fourth-order valence-electron chi connectivity index (χ4n) is 2.31. The van der Waals surface area contributed by atoms with Gasteiger partial charge >= 0.3 is 0 Å². The van der Waals surface area contributed by atoms with E-state index in [9.17, 15) is 0 Å². The van der Waals surface area contributed by atoms with Crippen LogP contribution in [0.25, 0.3) is 0 Å². The zero-order valence-corrected chi connectivity index (χ0v) is 10.1. The highest BCUT2D eigenvalue weighted by atomic mass is 15.1. The predicted molar refractivity (Wildman–Crippen MR) is 65.9 cm³/mol. The highest BCUT2D eigenvalue weighted by Gasteiger charge is 2.34. The Morgan fingerprint density at radius 2 is 2.12 bits per heavy atom. The van der Waals surface area contributed by atoms with Crippen molar-refractivity contribution < 1.29 is 0 Å². The second-order valence-corrected chi connectivity index (χ2v) is 4.94. The van der Waals surface area contributed by atoms with Crippen LogP contribution >= 0.6 is 0 Å². The Morgan fingerprint density at radius 1 is 1.50 bits per heavy atom. The molecular weight excluding hydrogens is 198 g/mol. The number of pyridine rings is 1. The lowest BCUT2D eigenvalue weighted by molar-refractivity contribution is 0.237. The Hall–Kier alpha value is -0.930. The van der Waals surface area contributed by atoms with E-state index in [1.165, 1.54) is 12.0 Å². The first kappa shape index (κ1) is 11.6. The third kappa shape index (κ3) is 2.60. The smallest absolute Gasteiger partial charge is 0.0468 e. The average molecular weight is 219 g/mol. The molecule has 0 radical (unpaired) electrons. The lowest BCUT2D eigenvalue weighted by Crippen LogP contribution is -2.32. The van der Waals surface area contributed by atoms with Gasteiger partial charge in [-0.05, 0) is 43.0 Å². The van der Waals surface area contributed by atoms with Gasteiger partial charge in [-0.1, -0.05) is 6.92 Å². The minimum Gasteiger partial charge on any atom is -0.329 e. The maximum Gasteiger partial charge on any atom is 0.0468 e. The van der Waals surface area contributed by atoms with E-state index in [2.05, 4.69) is 36.0 Å². The number of hydrogen-bond acceptors (Lipinski definition) is 3. The molecule has 3 heteroatoms. The lowest BCUT2D eigenvalue weighted by Gasteiger charge is -2.27. The maximum atomic E-state index is 5.87. The molecule has 3 unspecified atom stereocenters. The van der Waals surface area contributed by atoms with Gasteiger partial charge in [-0.2, -0.15) is 0 Å². The molecular formula is C13H21N3. The van der Waals surface area contributed by atoms with Gasteiger partial charge in [-0.25, -0.2) is 0 Å². The van der Waals surface area contributed by atoms with Crippen molar-refractivity contribution in [1.82, 2.24) is 9.88 Å². The largest absolute Gasteiger partial charge is 0.329 e. The van der Waals surface area contributed by atoms with Crippen LogP contribution in [0, 0.1) is 11.8 Å². The summed E-state index contributed by atoms with van der Waals surface area (Å²) in [5.74, 6) is 1.78. The zero-order chi connectivity index (χ0) is 11.5. The molecule has 0 bridgehead atoms. The van der Waals surface area contributed by atoms with Gasteiger partial charge in [0.25, 0.3) is 0 Å². The molecule has 0 spiro atoms. The molecule has 0 amide bonds. The Bertz CT molecular complexity index is 325. The van der Waals surface area contributed by atoms with Gasteiger partial charge in [0.1, 0.15) is 0 Å². The fraction of sp³-hybridized carbons (Fsp3) is 0.615. The summed E-state index contributed by atoms with van der Waals surface area (Å²) in [7, 11) is 2.17. The van der Waals surface area contributed by atoms with Crippen molar-refractivity contribution in [2.45, 2.75) is 19.4 Å². The molecule has 1 heterocycles. The minimum absolute atomic E-state index is 0.329. The van der Waals surface area contributed by atoms with Crippen LogP contribution in [0.3, 0.4) is 0 Å². The van der Waals surface area contributed by atoms with Crippen LogP contribution in [0.1, 0.15) is 24.9 Å². The normalized spacial score (nSPS) is 25.8. The fourth-order valence-corrected chi connectivity index (χ4v) is 2.31. The monoisotopic (exact) mass is 219 g/mol. The van der Waals surface area contributed by atoms with E-state index in [1.54, 1.807) is 0 Å². The molecule has 88 valence electrons. The number of rotatable bonds is 5. The standard InChI is InChI=1S/C13H21N3/c1-10-7-12(10)9-16(2)13(8-14)11-3-5-15-6-4-11/h3-6,10,12-13H,7-9,14H2,1-2H3. The van der Waals surface area contributed by atoms with E-state index >= 15 is 0 Å². The van der Waals surface area contributed by atoms with Crippen LogP contribution in [-0.2, 0) is 0 Å². The Morgan fingerprint density at radius 3 is 2.62 bits per heavy atom. The second-order valence-electron chi connectivity index (χ2n) is 4.94. The highest BCUT2D eigenvalue weighted by Crippen LogP contribution is 2.39. The summed E-state index contributed by atoms with van der Waals surface area (Å²) in [6, 6.07) is 4.45. The summed E-state index contributed by atoms with van der Waals surface area (Å²) in [5.41, 5.74) is 7.15. The summed E-state index contributed by atoms with van der Waals surface area (Å²) in [6.07, 6.45) is 5.05. The summed E-state index contributed by atoms with van der Waals surface area (Å²) in [4.78, 5) is 6.43. The highest BCUT2D eigenvalue weighted by molar-refractivity contribution is 5.15. The number of hydrogen-bond donors (Lipinski definition) is 1. The van der Waals surface area contributed by atoms with Gasteiger partial charge in [0, 0.05) is 31.5 Å². The van der Waals surface area contributed by atoms with Gasteiger partial charge in [0.15, 0.2) is 0 Å². The topological polar surface area (TPSA) is 42.1 Å². The predicted octanol–water partition coefficient (Wildman–Crippen LogP) is 1.67. The van der Waals surface area contributed by atoms with Gasteiger partial charge in [-0.15, -0.1) is 0 Å². The van der Waals surface area contributed by atoms with Crippen molar-refractivity contribution in [3.63, 3.8) is 0 Å². The molecule has 1 aromatic rings. The van der Waals surface area contributed by atoms with E-state index < -0.39 is 0 Å². The molecule has 2 rings (SSSR count). The van der Waals surface area contributed by atoms with Crippen molar-refractivity contribution in [3.05, 3.63) is 30.1 Å². The summed E-state index contributed by atoms with van der Waals surface area (Å²) < 4.78 is 0. The quantitative estimate of drug-likeness (QED) is 0.819. The van der Waals surface area contributed by atoms with Crippen molar-refractivity contribution in [1.29, 1.82) is 0 Å². The molecule has 1 aliphatic carbocycles. The maximum absolute atomic E-state index is 5.87. The van der Waals surface area contributed by atoms with Gasteiger partial charge in [0.2, 0.25) is 0 Å². The average Bonchev–Trinajstić information content (AvgIpc) is 2.96. The lowest BCUT2D eigenvalue weighted by atomic mass is 10.1. The molecule has 1 aliphatic rings. The van der Waals surface area contributed by atoms with Gasteiger partial charge < -0.3 is 5.73 Å². The van der Waals surface area contributed by atoms with E-state index in [0.717, 1.165) is 18.4 Å². The molecule has 0 aliphatic heterocycles. The summed E-state index contributed by atoms with van der Waals surface area (Å²) >= 11 is 0. The van der Waals surface area contributed by atoms with Crippen molar-refractivity contribution >= 4 is 0 Å². The van der Waals surface area contributed by atoms with Crippen LogP contribution in [0.5, 0.6) is 0 Å². The molecule has 3 nitrogen and oxygen atoms in total. The number of nitrogens with two attached hydrogens (primary N) is 1. The Labute approximate surface area is 97.7 Å². The van der Waals surface area contributed by atoms with Crippen molar-refractivity contribution in [3.8, 4) is 0 Å². The number of likely N-dealkylation sites (N-methyl/N-ethyl adjacent to an activating group) is 1. The first-order chi connectivity index (χ1) is 7.72. The van der Waals surface area contributed by atoms with Crippen molar-refractivity contribution in [2.24, 2.45) is 17.6 Å². The van der Waals surface area contributed by atoms with Gasteiger partial charge in [0.05, 0.1) is 0 Å². The van der Waals surface area contributed by atoms with E-state index in [0.29, 0.717) is 12.6 Å². The Kier molecular flexibility index (Phi) is 3.56. The molecule has 1 aromatic heterocycles. The third-order valence-electron chi connectivity index (χ3n) is 3.64. The minimum atomic E-state index is 0.329. The number of nitrogens with zero attached hydrogens (tertiary/aromatic N) is 2. The molecule has 1 fully saturated rings. The van der Waals surface area contributed by atoms with Crippen LogP contribution in [0.2, 0.25) is 0 Å². The summed E-state index contributed by atoms with van der Waals surface area (Å²) in [6.45, 7) is 4.15. The molecule has 0 saturated heterocycles. The SMILES string of the molecule is CC1CC1CN(C)C(CN)c1ccncc1. The van der Waals surface area contributed by atoms with Crippen LogP contribution in [-0.4, -0.2) is 30.0 Å². The van der Waals surface area contributed by atoms with Crippen LogP contribution in [0.15, 0.2) is 24.5 Å². The van der Waals surface area contributed by atoms with E-state index in [1.807, 2.05) is 12.4 Å². The van der Waals surface area contributed by atoms with Crippen LogP contribution < -0.4 is 5.73 Å². The Balaban J connectivity index is 1.98. The molecule has 2 N–H and O–H groups in total. The van der Waals surface area contributed by atoms with Crippen molar-refractivity contribution in [2.75, 3.05) is 20.1 Å². The first-order valence-corrected chi connectivity index (χ1v) is 6.02. The van der Waals surface area contributed by atoms with Crippen LogP contribution in [0.4, 0.5) is 0 Å². The second kappa shape index (κ2) is 4.93. The first-order valence-electron chi connectivity index (χ1n) is 6.02. The zero-order valence-electron chi connectivity index (χ0n) is 10.1.